The van der Waals surface area contributed by atoms with Gasteiger partial charge in [0.2, 0.25) is 0 Å². The summed E-state index contributed by atoms with van der Waals surface area (Å²) in [4.78, 5) is 0. The van der Waals surface area contributed by atoms with Gasteiger partial charge in [-0.25, -0.2) is 4.68 Å². The molecule has 0 fully saturated rings. The fourth-order valence-electron chi connectivity index (χ4n) is 0.843. The van der Waals surface area contributed by atoms with Crippen LogP contribution in [0.15, 0.2) is 33.7 Å². The average molecular weight is 229 g/mol. The third-order valence-corrected chi connectivity index (χ3v) is 2.81. The first-order chi connectivity index (χ1) is 5.36. The minimum Gasteiger partial charge on any atom is -0.240 e. The van der Waals surface area contributed by atoms with E-state index >= 15 is 0 Å². The van der Waals surface area contributed by atoms with Crippen molar-refractivity contribution in [3.8, 4) is 5.69 Å². The molecule has 2 rings (SSSR count). The Kier molecular flexibility index (Phi) is 1.79. The predicted octanol–water partition coefficient (Wildman–Crippen LogP) is 2.70. The molecule has 2 aromatic heterocycles. The third-order valence-electron chi connectivity index (χ3n) is 1.32. The number of thiophene rings is 1. The number of hydrogen-bond acceptors (Lipinski definition) is 2. The molecular weight excluding hydrogens is 224 g/mol. The molecule has 4 heteroatoms. The molecule has 0 spiro atoms. The van der Waals surface area contributed by atoms with Crippen molar-refractivity contribution in [2.45, 2.75) is 0 Å². The van der Waals surface area contributed by atoms with Crippen molar-refractivity contribution in [1.82, 2.24) is 9.78 Å². The lowest BCUT2D eigenvalue weighted by Crippen LogP contribution is -1.89. The standard InChI is InChI=1S/C7H5BrN2S/c8-7-4-6(5-11-7)10-3-1-2-9-10/h1-5H. The van der Waals surface area contributed by atoms with Crippen LogP contribution in [-0.2, 0) is 0 Å². The van der Waals surface area contributed by atoms with Crippen LogP contribution in [0.3, 0.4) is 0 Å². The highest BCUT2D eigenvalue weighted by molar-refractivity contribution is 9.11. The highest BCUT2D eigenvalue weighted by Crippen LogP contribution is 2.22. The molecule has 0 unspecified atom stereocenters. The van der Waals surface area contributed by atoms with Gasteiger partial charge in [0.05, 0.1) is 9.47 Å². The zero-order valence-electron chi connectivity index (χ0n) is 5.57. The van der Waals surface area contributed by atoms with Gasteiger partial charge in [-0.3, -0.25) is 0 Å². The lowest BCUT2D eigenvalue weighted by Gasteiger charge is -1.92. The van der Waals surface area contributed by atoms with Gasteiger partial charge in [-0.05, 0) is 28.1 Å². The van der Waals surface area contributed by atoms with Gasteiger partial charge in [0.25, 0.3) is 0 Å². The Bertz CT molecular complexity index is 339. The predicted molar refractivity (Wildman–Crippen MR) is 49.1 cm³/mol. The fraction of sp³-hybridized carbons (Fsp3) is 0. The van der Waals surface area contributed by atoms with Crippen LogP contribution in [0.25, 0.3) is 5.69 Å². The molecule has 2 heterocycles. The van der Waals surface area contributed by atoms with Gasteiger partial charge in [0, 0.05) is 17.8 Å². The molecule has 0 aliphatic heterocycles. The Hall–Kier alpha value is -0.610. The van der Waals surface area contributed by atoms with E-state index in [-0.39, 0.29) is 0 Å². The quantitative estimate of drug-likeness (QED) is 0.735. The van der Waals surface area contributed by atoms with E-state index in [2.05, 4.69) is 26.4 Å². The van der Waals surface area contributed by atoms with Crippen LogP contribution < -0.4 is 0 Å². The maximum atomic E-state index is 4.10. The molecule has 0 N–H and O–H groups in total. The monoisotopic (exact) mass is 228 g/mol. The van der Waals surface area contributed by atoms with Crippen LogP contribution in [0, 0.1) is 0 Å². The van der Waals surface area contributed by atoms with Crippen LogP contribution in [0.4, 0.5) is 0 Å². The van der Waals surface area contributed by atoms with Crippen molar-refractivity contribution in [1.29, 1.82) is 0 Å². The molecule has 56 valence electrons. The molecule has 0 aliphatic rings. The molecule has 0 bridgehead atoms. The smallest absolute Gasteiger partial charge is 0.0764 e. The second-order valence-electron chi connectivity index (χ2n) is 2.06. The summed E-state index contributed by atoms with van der Waals surface area (Å²) in [6, 6.07) is 3.95. The van der Waals surface area contributed by atoms with Crippen LogP contribution in [0.1, 0.15) is 0 Å². The largest absolute Gasteiger partial charge is 0.240 e. The third kappa shape index (κ3) is 1.36. The normalized spacial score (nSPS) is 10.3. The van der Waals surface area contributed by atoms with Gasteiger partial charge in [0.1, 0.15) is 0 Å². The maximum Gasteiger partial charge on any atom is 0.0764 e. The van der Waals surface area contributed by atoms with E-state index in [1.165, 1.54) is 0 Å². The highest BCUT2D eigenvalue weighted by Gasteiger charge is 1.97. The van der Waals surface area contributed by atoms with E-state index in [4.69, 9.17) is 0 Å². The van der Waals surface area contributed by atoms with E-state index in [1.54, 1.807) is 17.5 Å². The maximum absolute atomic E-state index is 4.10. The SMILES string of the molecule is Brc1cc(-n2cccn2)cs1. The van der Waals surface area contributed by atoms with E-state index in [0.29, 0.717) is 0 Å². The molecular formula is C7H5BrN2S. The molecule has 0 saturated heterocycles. The van der Waals surface area contributed by atoms with Gasteiger partial charge in [-0.15, -0.1) is 11.3 Å². The van der Waals surface area contributed by atoms with Crippen LogP contribution >= 0.6 is 27.3 Å². The summed E-state index contributed by atoms with van der Waals surface area (Å²) < 4.78 is 2.96. The molecule has 0 aromatic carbocycles. The van der Waals surface area contributed by atoms with Crippen LogP contribution in [-0.4, -0.2) is 9.78 Å². The Balaban J connectivity index is 2.45. The minimum atomic E-state index is 1.10. The lowest BCUT2D eigenvalue weighted by molar-refractivity contribution is 0.884. The molecule has 0 radical (unpaired) electrons. The fourth-order valence-corrected chi connectivity index (χ4v) is 1.96. The molecule has 0 atom stereocenters. The van der Waals surface area contributed by atoms with Gasteiger partial charge >= 0.3 is 0 Å². The Morgan fingerprint density at radius 2 is 2.45 bits per heavy atom. The van der Waals surface area contributed by atoms with Crippen molar-refractivity contribution < 1.29 is 0 Å². The van der Waals surface area contributed by atoms with Crippen molar-refractivity contribution in [2.75, 3.05) is 0 Å². The number of hydrogen-bond donors (Lipinski definition) is 0. The van der Waals surface area contributed by atoms with Gasteiger partial charge in [-0.1, -0.05) is 0 Å². The minimum absolute atomic E-state index is 1.10. The van der Waals surface area contributed by atoms with Crippen molar-refractivity contribution in [2.24, 2.45) is 0 Å². The van der Waals surface area contributed by atoms with E-state index in [9.17, 15) is 0 Å². The summed E-state index contributed by atoms with van der Waals surface area (Å²) in [7, 11) is 0. The molecule has 0 saturated carbocycles. The average Bonchev–Trinajstić information content (AvgIpc) is 2.55. The molecule has 2 nitrogen and oxygen atoms in total. The van der Waals surface area contributed by atoms with E-state index < -0.39 is 0 Å². The van der Waals surface area contributed by atoms with E-state index in [1.807, 2.05) is 23.0 Å². The zero-order valence-corrected chi connectivity index (χ0v) is 7.97. The van der Waals surface area contributed by atoms with Gasteiger partial charge in [0.15, 0.2) is 0 Å². The second-order valence-corrected chi connectivity index (χ2v) is 4.35. The Labute approximate surface area is 76.6 Å². The first kappa shape index (κ1) is 7.06. The summed E-state index contributed by atoms with van der Waals surface area (Å²) in [6.07, 6.45) is 3.69. The van der Waals surface area contributed by atoms with Crippen molar-refractivity contribution in [3.05, 3.63) is 33.7 Å². The number of aromatic nitrogens is 2. The molecule has 0 aliphatic carbocycles. The molecule has 11 heavy (non-hydrogen) atoms. The topological polar surface area (TPSA) is 17.8 Å². The summed E-state index contributed by atoms with van der Waals surface area (Å²) in [5, 5.41) is 6.15. The summed E-state index contributed by atoms with van der Waals surface area (Å²) >= 11 is 5.05. The van der Waals surface area contributed by atoms with Crippen molar-refractivity contribution in [3.63, 3.8) is 0 Å². The van der Waals surface area contributed by atoms with E-state index in [0.717, 1.165) is 9.47 Å². The van der Waals surface area contributed by atoms with Gasteiger partial charge in [-0.2, -0.15) is 5.10 Å². The van der Waals surface area contributed by atoms with Gasteiger partial charge < -0.3 is 0 Å². The van der Waals surface area contributed by atoms with Crippen LogP contribution in [0.5, 0.6) is 0 Å². The Morgan fingerprint density at radius 3 is 3.00 bits per heavy atom. The lowest BCUT2D eigenvalue weighted by atomic mass is 10.5. The highest BCUT2D eigenvalue weighted by atomic mass is 79.9. The number of rotatable bonds is 1. The summed E-state index contributed by atoms with van der Waals surface area (Å²) in [5.41, 5.74) is 1.10. The Morgan fingerprint density at radius 1 is 1.55 bits per heavy atom. The summed E-state index contributed by atoms with van der Waals surface area (Å²) in [6.45, 7) is 0. The zero-order chi connectivity index (χ0) is 7.68. The second kappa shape index (κ2) is 2.79. The van der Waals surface area contributed by atoms with Crippen molar-refractivity contribution >= 4 is 27.3 Å². The first-order valence-electron chi connectivity index (χ1n) is 3.10. The molecule has 2 aromatic rings. The summed E-state index contributed by atoms with van der Waals surface area (Å²) in [5.74, 6) is 0. The number of halogens is 1. The van der Waals surface area contributed by atoms with Crippen LogP contribution in [0.2, 0.25) is 0 Å². The first-order valence-corrected chi connectivity index (χ1v) is 4.77. The number of nitrogens with zero attached hydrogens (tertiary/aromatic N) is 2. The molecule has 0 amide bonds.